The molecule has 0 radical (unpaired) electrons. The van der Waals surface area contributed by atoms with Crippen LogP contribution in [-0.2, 0) is 14.8 Å². The third-order valence-electron chi connectivity index (χ3n) is 5.46. The van der Waals surface area contributed by atoms with Gasteiger partial charge >= 0.3 is 0 Å². The van der Waals surface area contributed by atoms with Gasteiger partial charge in [0, 0.05) is 5.02 Å². The maximum atomic E-state index is 13.5. The van der Waals surface area contributed by atoms with Gasteiger partial charge < -0.3 is 10.1 Å². The summed E-state index contributed by atoms with van der Waals surface area (Å²) in [6.07, 6.45) is 0. The second kappa shape index (κ2) is 10.3. The van der Waals surface area contributed by atoms with Gasteiger partial charge in [0.25, 0.3) is 10.0 Å². The summed E-state index contributed by atoms with van der Waals surface area (Å²) in [7, 11) is -2.42. The van der Waals surface area contributed by atoms with Gasteiger partial charge in [-0.2, -0.15) is 0 Å². The fourth-order valence-electron chi connectivity index (χ4n) is 3.32. The third kappa shape index (κ3) is 5.86. The number of amides is 1. The monoisotopic (exact) mass is 486 g/mol. The molecule has 0 heterocycles. The Morgan fingerprint density at radius 1 is 1.00 bits per heavy atom. The molecule has 3 aromatic rings. The van der Waals surface area contributed by atoms with E-state index in [-0.39, 0.29) is 17.5 Å². The van der Waals surface area contributed by atoms with Crippen molar-refractivity contribution in [3.63, 3.8) is 0 Å². The first-order valence-corrected chi connectivity index (χ1v) is 12.2. The summed E-state index contributed by atoms with van der Waals surface area (Å²) in [4.78, 5) is 13.0. The van der Waals surface area contributed by atoms with Crippen LogP contribution in [0.15, 0.2) is 71.6 Å². The van der Waals surface area contributed by atoms with Gasteiger partial charge in [-0.3, -0.25) is 9.10 Å². The average molecular weight is 487 g/mol. The SMILES string of the molecule is COc1ccc([C@@H](C)NC(=O)CN(c2ccc(C)c(C)c2)S(=O)(=O)c2ccc(Cl)cc2)cc1. The maximum absolute atomic E-state index is 13.5. The van der Waals surface area contributed by atoms with Crippen molar-refractivity contribution in [3.8, 4) is 5.75 Å². The molecule has 0 aliphatic carbocycles. The van der Waals surface area contributed by atoms with Crippen LogP contribution < -0.4 is 14.4 Å². The highest BCUT2D eigenvalue weighted by Gasteiger charge is 2.28. The molecule has 0 saturated heterocycles. The minimum Gasteiger partial charge on any atom is -0.497 e. The summed E-state index contributed by atoms with van der Waals surface area (Å²) in [6, 6.07) is 18.2. The number of ether oxygens (including phenoxy) is 1. The van der Waals surface area contributed by atoms with E-state index in [4.69, 9.17) is 16.3 Å². The molecule has 0 aromatic heterocycles. The highest BCUT2D eigenvalue weighted by atomic mass is 35.5. The van der Waals surface area contributed by atoms with Gasteiger partial charge in [-0.1, -0.05) is 29.8 Å². The number of carbonyl (C=O) groups excluding carboxylic acids is 1. The number of benzene rings is 3. The normalized spacial score (nSPS) is 12.2. The summed E-state index contributed by atoms with van der Waals surface area (Å²) in [5.74, 6) is 0.293. The maximum Gasteiger partial charge on any atom is 0.264 e. The third-order valence-corrected chi connectivity index (χ3v) is 7.50. The zero-order chi connectivity index (χ0) is 24.2. The number of hydrogen-bond donors (Lipinski definition) is 1. The summed E-state index contributed by atoms with van der Waals surface area (Å²) in [5, 5.41) is 3.31. The molecule has 1 N–H and O–H groups in total. The van der Waals surface area contributed by atoms with Gasteiger partial charge in [-0.25, -0.2) is 8.42 Å². The molecule has 174 valence electrons. The second-order valence-corrected chi connectivity index (χ2v) is 10.1. The van der Waals surface area contributed by atoms with Crippen LogP contribution in [0.3, 0.4) is 0 Å². The Morgan fingerprint density at radius 3 is 2.21 bits per heavy atom. The van der Waals surface area contributed by atoms with Crippen LogP contribution in [0.2, 0.25) is 5.02 Å². The molecule has 6 nitrogen and oxygen atoms in total. The number of halogens is 1. The Kier molecular flexibility index (Phi) is 7.66. The molecule has 33 heavy (non-hydrogen) atoms. The van der Waals surface area contributed by atoms with E-state index in [1.54, 1.807) is 19.2 Å². The fraction of sp³-hybridized carbons (Fsp3) is 0.240. The molecule has 0 aliphatic rings. The molecule has 0 spiro atoms. The molecule has 3 aromatic carbocycles. The molecule has 0 saturated carbocycles. The second-order valence-electron chi connectivity index (χ2n) is 7.80. The largest absolute Gasteiger partial charge is 0.497 e. The Bertz CT molecular complexity index is 1230. The summed E-state index contributed by atoms with van der Waals surface area (Å²) < 4.78 is 33.3. The van der Waals surface area contributed by atoms with Crippen LogP contribution >= 0.6 is 11.6 Å². The molecule has 0 unspecified atom stereocenters. The molecule has 0 bridgehead atoms. The number of nitrogens with one attached hydrogen (secondary N) is 1. The van der Waals surface area contributed by atoms with Gasteiger partial charge in [0.2, 0.25) is 5.91 Å². The van der Waals surface area contributed by atoms with E-state index in [0.29, 0.717) is 16.5 Å². The van der Waals surface area contributed by atoms with Crippen molar-refractivity contribution in [3.05, 3.63) is 88.4 Å². The van der Waals surface area contributed by atoms with Gasteiger partial charge in [0.05, 0.1) is 23.7 Å². The number of hydrogen-bond acceptors (Lipinski definition) is 4. The van der Waals surface area contributed by atoms with Gasteiger partial charge in [-0.15, -0.1) is 0 Å². The first-order valence-electron chi connectivity index (χ1n) is 10.4. The quantitative estimate of drug-likeness (QED) is 0.484. The zero-order valence-electron chi connectivity index (χ0n) is 19.0. The number of nitrogens with zero attached hydrogens (tertiary/aromatic N) is 1. The van der Waals surface area contributed by atoms with Crippen molar-refractivity contribution in [2.75, 3.05) is 18.0 Å². The molecule has 8 heteroatoms. The Morgan fingerprint density at radius 2 is 1.64 bits per heavy atom. The van der Waals surface area contributed by atoms with Crippen LogP contribution in [0, 0.1) is 13.8 Å². The van der Waals surface area contributed by atoms with Gasteiger partial charge in [0.1, 0.15) is 12.3 Å². The van der Waals surface area contributed by atoms with Crippen molar-refractivity contribution < 1.29 is 17.9 Å². The van der Waals surface area contributed by atoms with Crippen LogP contribution in [-0.4, -0.2) is 28.0 Å². The summed E-state index contributed by atoms with van der Waals surface area (Å²) in [5.41, 5.74) is 3.25. The molecule has 3 rings (SSSR count). The number of carbonyl (C=O) groups is 1. The lowest BCUT2D eigenvalue weighted by molar-refractivity contribution is -0.120. The van der Waals surface area contributed by atoms with E-state index in [0.717, 1.165) is 21.0 Å². The lowest BCUT2D eigenvalue weighted by Gasteiger charge is -2.26. The van der Waals surface area contributed by atoms with Crippen LogP contribution in [0.4, 0.5) is 5.69 Å². The van der Waals surface area contributed by atoms with E-state index in [1.807, 2.05) is 51.1 Å². The Labute approximate surface area is 200 Å². The van der Waals surface area contributed by atoms with Gasteiger partial charge in [-0.05, 0) is 86.0 Å². The molecule has 0 aliphatic heterocycles. The lowest BCUT2D eigenvalue weighted by atomic mass is 10.1. The highest BCUT2D eigenvalue weighted by Crippen LogP contribution is 2.27. The van der Waals surface area contributed by atoms with Crippen molar-refractivity contribution >= 4 is 33.2 Å². The Balaban J connectivity index is 1.89. The van der Waals surface area contributed by atoms with E-state index in [1.165, 1.54) is 24.3 Å². The zero-order valence-corrected chi connectivity index (χ0v) is 20.6. The molecule has 1 atom stereocenters. The van der Waals surface area contributed by atoms with Crippen molar-refractivity contribution in [1.82, 2.24) is 5.32 Å². The summed E-state index contributed by atoms with van der Waals surface area (Å²) in [6.45, 7) is 5.32. The topological polar surface area (TPSA) is 75.7 Å². The van der Waals surface area contributed by atoms with Crippen molar-refractivity contribution in [2.24, 2.45) is 0 Å². The Hall–Kier alpha value is -3.03. The van der Waals surface area contributed by atoms with E-state index >= 15 is 0 Å². The number of aryl methyl sites for hydroxylation is 2. The van der Waals surface area contributed by atoms with Crippen LogP contribution in [0.5, 0.6) is 5.75 Å². The van der Waals surface area contributed by atoms with E-state index < -0.39 is 15.9 Å². The summed E-state index contributed by atoms with van der Waals surface area (Å²) >= 11 is 5.93. The number of anilines is 1. The highest BCUT2D eigenvalue weighted by molar-refractivity contribution is 7.92. The first kappa shape index (κ1) is 24.6. The van der Waals surface area contributed by atoms with Gasteiger partial charge in [0.15, 0.2) is 0 Å². The van der Waals surface area contributed by atoms with Crippen molar-refractivity contribution in [1.29, 1.82) is 0 Å². The first-order chi connectivity index (χ1) is 15.6. The predicted molar refractivity (Wildman–Crippen MR) is 131 cm³/mol. The number of rotatable bonds is 8. The smallest absolute Gasteiger partial charge is 0.264 e. The molecular weight excluding hydrogens is 460 g/mol. The molecule has 1 amide bonds. The van der Waals surface area contributed by atoms with Crippen LogP contribution in [0.1, 0.15) is 29.7 Å². The molecular formula is C25H27ClN2O4S. The minimum atomic E-state index is -4.01. The number of methoxy groups -OCH3 is 1. The predicted octanol–water partition coefficient (Wildman–Crippen LogP) is 5.04. The minimum absolute atomic E-state index is 0.0566. The standard InChI is InChI=1S/C25H27ClN2O4S/c1-17-5-10-22(15-18(17)2)28(33(30,31)24-13-8-21(26)9-14-24)16-25(29)27-19(3)20-6-11-23(32-4)12-7-20/h5-15,19H,16H2,1-4H3,(H,27,29)/t19-/m1/s1. The average Bonchev–Trinajstić information content (AvgIpc) is 2.79. The van der Waals surface area contributed by atoms with E-state index in [9.17, 15) is 13.2 Å². The lowest BCUT2D eigenvalue weighted by Crippen LogP contribution is -2.41. The fourth-order valence-corrected chi connectivity index (χ4v) is 4.86. The van der Waals surface area contributed by atoms with E-state index in [2.05, 4.69) is 5.32 Å². The van der Waals surface area contributed by atoms with Crippen molar-refractivity contribution in [2.45, 2.75) is 31.7 Å². The van der Waals surface area contributed by atoms with Crippen LogP contribution in [0.25, 0.3) is 0 Å². The number of sulfonamides is 1. The molecule has 0 fully saturated rings.